The number of rotatable bonds is 11. The Morgan fingerprint density at radius 3 is 2.53 bits per heavy atom. The summed E-state index contributed by atoms with van der Waals surface area (Å²) in [5.74, 6) is 0.812. The van der Waals surface area contributed by atoms with Gasteiger partial charge in [-0.25, -0.2) is 17.9 Å². The van der Waals surface area contributed by atoms with Crippen molar-refractivity contribution in [1.29, 1.82) is 0 Å². The van der Waals surface area contributed by atoms with Crippen LogP contribution in [0.4, 0.5) is 4.79 Å². The smallest absolute Gasteiger partial charge is 0.317 e. The average molecular weight is 585 g/mol. The number of ether oxygens (including phenoxy) is 1. The number of urea groups is 1. The minimum absolute atomic E-state index is 0. The van der Waals surface area contributed by atoms with Crippen LogP contribution >= 0.6 is 24.0 Å². The molecule has 1 aliphatic heterocycles. The van der Waals surface area contributed by atoms with Crippen molar-refractivity contribution >= 4 is 40.1 Å². The van der Waals surface area contributed by atoms with Gasteiger partial charge in [-0.15, -0.1) is 12.4 Å². The molecule has 1 saturated carbocycles. The van der Waals surface area contributed by atoms with Gasteiger partial charge >= 0.3 is 6.03 Å². The first kappa shape index (κ1) is 30.5. The van der Waals surface area contributed by atoms with Crippen LogP contribution < -0.4 is 14.8 Å². The Hall–Kier alpha value is -2.00. The first-order valence-electron chi connectivity index (χ1n) is 13.3. The summed E-state index contributed by atoms with van der Waals surface area (Å²) in [5, 5.41) is 3.71. The van der Waals surface area contributed by atoms with Gasteiger partial charge in [-0.1, -0.05) is 49.6 Å². The number of amides is 2. The molecular formula is C28H39Cl2N3O4S. The fourth-order valence-corrected chi connectivity index (χ4v) is 6.92. The third-order valence-corrected chi connectivity index (χ3v) is 9.30. The summed E-state index contributed by atoms with van der Waals surface area (Å²) >= 11 is 6.21. The Bertz CT molecular complexity index is 1190. The maximum absolute atomic E-state index is 13.3. The van der Waals surface area contributed by atoms with E-state index < -0.39 is 10.0 Å². The van der Waals surface area contributed by atoms with Gasteiger partial charge in [0, 0.05) is 30.1 Å². The molecule has 2 amide bonds. The third-order valence-electron chi connectivity index (χ3n) is 7.58. The minimum Gasteiger partial charge on any atom is -0.492 e. The van der Waals surface area contributed by atoms with Crippen molar-refractivity contribution in [3.8, 4) is 5.75 Å². The van der Waals surface area contributed by atoms with E-state index in [0.717, 1.165) is 37.7 Å². The molecule has 1 aliphatic carbocycles. The van der Waals surface area contributed by atoms with Gasteiger partial charge in [-0.05, 0) is 73.6 Å². The number of unbranched alkanes of at least 4 members (excludes halogenated alkanes) is 1. The molecule has 2 aromatic rings. The predicted molar refractivity (Wildman–Crippen MR) is 155 cm³/mol. The molecule has 210 valence electrons. The molecule has 2 aromatic carbocycles. The van der Waals surface area contributed by atoms with Crippen LogP contribution in [0.3, 0.4) is 0 Å². The molecule has 1 unspecified atom stereocenters. The molecule has 38 heavy (non-hydrogen) atoms. The van der Waals surface area contributed by atoms with Gasteiger partial charge in [-0.2, -0.15) is 0 Å². The summed E-state index contributed by atoms with van der Waals surface area (Å²) in [4.78, 5) is 15.2. The van der Waals surface area contributed by atoms with Crippen molar-refractivity contribution in [2.45, 2.75) is 63.8 Å². The number of carbonyl (C=O) groups is 1. The van der Waals surface area contributed by atoms with E-state index in [9.17, 15) is 13.2 Å². The van der Waals surface area contributed by atoms with Crippen molar-refractivity contribution in [2.75, 3.05) is 32.0 Å². The molecule has 0 radical (unpaired) electrons. The lowest BCUT2D eigenvalue weighted by molar-refractivity contribution is 0.0736. The zero-order valence-corrected chi connectivity index (χ0v) is 24.6. The monoisotopic (exact) mass is 583 g/mol. The molecular weight excluding hydrogens is 545 g/mol. The van der Waals surface area contributed by atoms with E-state index >= 15 is 0 Å². The molecule has 2 N–H and O–H groups in total. The molecule has 0 saturated heterocycles. The molecule has 0 aromatic heterocycles. The molecule has 0 bridgehead atoms. The van der Waals surface area contributed by atoms with Gasteiger partial charge in [0.2, 0.25) is 10.0 Å². The van der Waals surface area contributed by atoms with E-state index in [1.807, 2.05) is 43.0 Å². The Morgan fingerprint density at radius 1 is 1.16 bits per heavy atom. The van der Waals surface area contributed by atoms with Gasteiger partial charge < -0.3 is 15.0 Å². The van der Waals surface area contributed by atoms with Crippen LogP contribution in [0.25, 0.3) is 0 Å². The Labute approximate surface area is 238 Å². The normalized spacial score (nSPS) is 18.1. The van der Waals surface area contributed by atoms with Gasteiger partial charge in [0.1, 0.15) is 12.4 Å². The first-order valence-corrected chi connectivity index (χ1v) is 15.4. The summed E-state index contributed by atoms with van der Waals surface area (Å²) in [7, 11) is -3.28. The highest BCUT2D eigenvalue weighted by Gasteiger charge is 2.51. The lowest BCUT2D eigenvalue weighted by Gasteiger charge is -2.54. The summed E-state index contributed by atoms with van der Waals surface area (Å²) < 4.78 is 32.8. The van der Waals surface area contributed by atoms with Crippen molar-refractivity contribution in [2.24, 2.45) is 0 Å². The fourth-order valence-electron chi connectivity index (χ4n) is 5.58. The molecule has 7 nitrogen and oxygen atoms in total. The summed E-state index contributed by atoms with van der Waals surface area (Å²) in [5.41, 5.74) is 3.33. The van der Waals surface area contributed by atoms with Gasteiger partial charge in [0.15, 0.2) is 0 Å². The summed E-state index contributed by atoms with van der Waals surface area (Å²) in [6, 6.07) is 13.9. The van der Waals surface area contributed by atoms with E-state index in [2.05, 4.69) is 28.2 Å². The molecule has 1 heterocycles. The quantitative estimate of drug-likeness (QED) is 0.336. The number of fused-ring (bicyclic) bond motifs is 1. The number of carbonyl (C=O) groups excluding carboxylic acids is 1. The van der Waals surface area contributed by atoms with Crippen molar-refractivity contribution in [3.05, 3.63) is 64.2 Å². The van der Waals surface area contributed by atoms with Crippen LogP contribution in [0, 0.1) is 0 Å². The number of hydrogen-bond acceptors (Lipinski definition) is 4. The van der Waals surface area contributed by atoms with E-state index in [1.54, 1.807) is 0 Å². The zero-order chi connectivity index (χ0) is 26.5. The zero-order valence-electron chi connectivity index (χ0n) is 22.2. The molecule has 4 rings (SSSR count). The minimum atomic E-state index is -3.28. The van der Waals surface area contributed by atoms with Crippen LogP contribution in [0.5, 0.6) is 5.75 Å². The molecule has 1 fully saturated rings. The lowest BCUT2D eigenvalue weighted by atomic mass is 9.57. The van der Waals surface area contributed by atoms with Gasteiger partial charge in [0.05, 0.1) is 11.8 Å². The second kappa shape index (κ2) is 13.4. The van der Waals surface area contributed by atoms with E-state index in [0.29, 0.717) is 30.3 Å². The first-order chi connectivity index (χ1) is 17.8. The Kier molecular flexibility index (Phi) is 10.7. The van der Waals surface area contributed by atoms with Crippen LogP contribution in [0.15, 0.2) is 42.5 Å². The largest absolute Gasteiger partial charge is 0.492 e. The van der Waals surface area contributed by atoms with Gasteiger partial charge in [-0.3, -0.25) is 0 Å². The number of nitrogens with zero attached hydrogens (tertiary/aromatic N) is 1. The van der Waals surface area contributed by atoms with Gasteiger partial charge in [0.25, 0.3) is 0 Å². The molecule has 0 spiro atoms. The van der Waals surface area contributed by atoms with E-state index in [-0.39, 0.29) is 48.8 Å². The van der Waals surface area contributed by atoms with Crippen molar-refractivity contribution in [1.82, 2.24) is 14.9 Å². The highest BCUT2D eigenvalue weighted by molar-refractivity contribution is 7.89. The van der Waals surface area contributed by atoms with E-state index in [1.165, 1.54) is 11.1 Å². The van der Waals surface area contributed by atoms with Crippen LogP contribution in [0.1, 0.15) is 68.7 Å². The summed E-state index contributed by atoms with van der Waals surface area (Å²) in [6.07, 6.45) is 5.32. The summed E-state index contributed by atoms with van der Waals surface area (Å²) in [6.45, 7) is 5.57. The standard InChI is InChI=1S/C28H38ClN3O4S.ClH/c1-3-5-19-37(34,35)31-16-18-36-24-12-7-21-13-17-32(27(33)30-4-2)26(25(21)20-24)28(14-6-15-28)22-8-10-23(29)11-9-22;/h7-12,20,26,31H,3-6,13-19H2,1-2H3,(H,30,33);1H. The number of hydrogen-bond donors (Lipinski definition) is 2. The molecule has 2 aliphatic rings. The van der Waals surface area contributed by atoms with E-state index in [4.69, 9.17) is 16.3 Å². The lowest BCUT2D eigenvalue weighted by Crippen LogP contribution is -2.55. The fraction of sp³-hybridized carbons (Fsp3) is 0.536. The van der Waals surface area contributed by atoms with Crippen molar-refractivity contribution < 1.29 is 17.9 Å². The number of sulfonamides is 1. The SMILES string of the molecule is CCCCS(=O)(=O)NCCOc1ccc2c(c1)C(C1(c3ccc(Cl)cc3)CCC1)N(C(=O)NCC)CC2.Cl. The highest BCUT2D eigenvalue weighted by Crippen LogP contribution is 2.56. The predicted octanol–water partition coefficient (Wildman–Crippen LogP) is 5.61. The third kappa shape index (κ3) is 6.76. The maximum Gasteiger partial charge on any atom is 0.317 e. The Morgan fingerprint density at radius 2 is 1.89 bits per heavy atom. The number of benzene rings is 2. The second-order valence-electron chi connectivity index (χ2n) is 9.97. The number of nitrogens with one attached hydrogen (secondary N) is 2. The Balaban J connectivity index is 0.00000400. The second-order valence-corrected chi connectivity index (χ2v) is 12.3. The average Bonchev–Trinajstić information content (AvgIpc) is 2.86. The molecule has 1 atom stereocenters. The maximum atomic E-state index is 13.3. The number of halogens is 2. The highest BCUT2D eigenvalue weighted by atomic mass is 35.5. The van der Waals surface area contributed by atoms with Crippen LogP contribution in [-0.2, 0) is 21.9 Å². The molecule has 10 heteroatoms. The van der Waals surface area contributed by atoms with Crippen LogP contribution in [0.2, 0.25) is 5.02 Å². The van der Waals surface area contributed by atoms with Crippen LogP contribution in [-0.4, -0.2) is 51.3 Å². The van der Waals surface area contributed by atoms with Crippen molar-refractivity contribution in [3.63, 3.8) is 0 Å². The topological polar surface area (TPSA) is 87.7 Å².